The molecule has 3 aromatic rings. The predicted molar refractivity (Wildman–Crippen MR) is 67.1 cm³/mol. The summed E-state index contributed by atoms with van der Waals surface area (Å²) in [6.45, 7) is 3.87. The number of aromatic hydroxyl groups is 1. The molecule has 0 spiro atoms. The minimum atomic E-state index is -4.94. The van der Waals surface area contributed by atoms with Crippen LogP contribution >= 0.6 is 11.3 Å². The summed E-state index contributed by atoms with van der Waals surface area (Å²) in [5.41, 5.74) is 1.78. The number of phenols is 1. The van der Waals surface area contributed by atoms with Crippen molar-refractivity contribution in [1.82, 2.24) is 0 Å². The second-order valence-corrected chi connectivity index (χ2v) is 6.19. The van der Waals surface area contributed by atoms with Crippen molar-refractivity contribution in [3.8, 4) is 5.75 Å². The summed E-state index contributed by atoms with van der Waals surface area (Å²) in [7, 11) is -4.94. The van der Waals surface area contributed by atoms with Crippen LogP contribution in [0.15, 0.2) is 28.7 Å². The number of phenolic OH excluding ortho intramolecular Hbond substituents is 1. The molecule has 21 heavy (non-hydrogen) atoms. The molecule has 0 fully saturated rings. The highest BCUT2D eigenvalue weighted by Gasteiger charge is 2.22. The molecule has 0 saturated heterocycles. The zero-order valence-corrected chi connectivity index (χ0v) is 12.7. The van der Waals surface area contributed by atoms with Crippen LogP contribution in [0.3, 0.4) is 0 Å². The van der Waals surface area contributed by atoms with Gasteiger partial charge >= 0.3 is 10.7 Å². The maximum atomic E-state index is 10.1. The van der Waals surface area contributed by atoms with Gasteiger partial charge in [-0.05, 0) is 24.3 Å². The summed E-state index contributed by atoms with van der Waals surface area (Å²) in [5.74, 6) is 0.361. The third-order valence-corrected chi connectivity index (χ3v) is 3.89. The fraction of sp³-hybridized carbons (Fsp3) is 0.154. The van der Waals surface area contributed by atoms with Gasteiger partial charge in [0.1, 0.15) is 10.4 Å². The zero-order valence-electron chi connectivity index (χ0n) is 11.1. The maximum Gasteiger partial charge on any atom is 0.383 e. The average molecular weight is 331 g/mol. The molecule has 0 unspecified atom stereocenters. The van der Waals surface area contributed by atoms with Gasteiger partial charge in [-0.25, -0.2) is 18.6 Å². The van der Waals surface area contributed by atoms with Gasteiger partial charge in [-0.2, -0.15) is 4.42 Å². The summed E-state index contributed by atoms with van der Waals surface area (Å²) in [6, 6.07) is 7.78. The van der Waals surface area contributed by atoms with Gasteiger partial charge in [-0.15, -0.1) is 10.2 Å². The van der Waals surface area contributed by atoms with Crippen molar-refractivity contribution in [1.29, 1.82) is 0 Å². The fourth-order valence-electron chi connectivity index (χ4n) is 2.02. The normalized spacial score (nSPS) is 11.5. The van der Waals surface area contributed by atoms with Crippen molar-refractivity contribution in [3.63, 3.8) is 0 Å². The Bertz CT molecular complexity index is 787. The molecule has 1 N–H and O–H groups in total. The summed E-state index contributed by atoms with van der Waals surface area (Å²) in [6.07, 6.45) is 0. The molecule has 1 aromatic heterocycles. The van der Waals surface area contributed by atoms with Gasteiger partial charge in [-0.3, -0.25) is 0 Å². The number of fused-ring (bicyclic) bond motifs is 3. The van der Waals surface area contributed by atoms with E-state index in [-0.39, 0.29) is 0 Å². The number of rotatable bonds is 0. The molecular weight excluding hydrogens is 320 g/mol. The Balaban J connectivity index is 0.000000282. The van der Waals surface area contributed by atoms with E-state index in [1.165, 1.54) is 0 Å². The van der Waals surface area contributed by atoms with Crippen molar-refractivity contribution in [2.24, 2.45) is 0 Å². The van der Waals surface area contributed by atoms with Crippen molar-refractivity contribution >= 4 is 32.4 Å². The lowest BCUT2D eigenvalue weighted by molar-refractivity contribution is -2.00. The van der Waals surface area contributed by atoms with Gasteiger partial charge in [0.05, 0.1) is 12.3 Å². The lowest BCUT2D eigenvalue weighted by Gasteiger charge is -2.17. The van der Waals surface area contributed by atoms with E-state index in [9.17, 15) is 5.11 Å². The molecule has 8 heteroatoms. The van der Waals surface area contributed by atoms with E-state index < -0.39 is 10.2 Å². The molecule has 1 heterocycles. The SMILES string of the molecule is Cc1[o+]c2c(s1)c(C)c(O)c1ccccc12.[O-][Cl+3]([O-])([O-])[O-]. The highest BCUT2D eigenvalue weighted by atomic mass is 35.7. The summed E-state index contributed by atoms with van der Waals surface area (Å²) in [4.78, 5) is 0. The summed E-state index contributed by atoms with van der Waals surface area (Å²) in [5, 5.41) is 12.9. The third kappa shape index (κ3) is 3.59. The van der Waals surface area contributed by atoms with Crippen LogP contribution in [0.25, 0.3) is 21.1 Å². The molecule has 0 radical (unpaired) electrons. The minimum Gasteiger partial charge on any atom is -0.507 e. The van der Waals surface area contributed by atoms with Crippen LogP contribution in [-0.2, 0) is 0 Å². The molecule has 0 aliphatic heterocycles. The summed E-state index contributed by atoms with van der Waals surface area (Å²) < 4.78 is 40.7. The Kier molecular flexibility index (Phi) is 4.33. The lowest BCUT2D eigenvalue weighted by atomic mass is 10.1. The van der Waals surface area contributed by atoms with E-state index in [0.717, 1.165) is 31.7 Å². The van der Waals surface area contributed by atoms with Crippen LogP contribution in [0.4, 0.5) is 0 Å². The smallest absolute Gasteiger partial charge is 0.383 e. The highest BCUT2D eigenvalue weighted by Crippen LogP contribution is 2.40. The Morgan fingerprint density at radius 2 is 1.57 bits per heavy atom. The molecule has 0 saturated carbocycles. The molecule has 0 bridgehead atoms. The van der Waals surface area contributed by atoms with Crippen molar-refractivity contribution in [3.05, 3.63) is 34.9 Å². The van der Waals surface area contributed by atoms with E-state index >= 15 is 0 Å². The van der Waals surface area contributed by atoms with Crippen LogP contribution in [0, 0.1) is 24.1 Å². The Morgan fingerprint density at radius 1 is 1.05 bits per heavy atom. The molecule has 0 aliphatic rings. The number of hydrogen-bond donors (Lipinski definition) is 1. The van der Waals surface area contributed by atoms with E-state index in [2.05, 4.69) is 0 Å². The minimum absolute atomic E-state index is 0.361. The van der Waals surface area contributed by atoms with Gasteiger partial charge in [0, 0.05) is 10.9 Å². The number of benzene rings is 2. The molecule has 6 nitrogen and oxygen atoms in total. The van der Waals surface area contributed by atoms with Gasteiger partial charge in [0.25, 0.3) is 0 Å². The van der Waals surface area contributed by atoms with Crippen LogP contribution in [0.2, 0.25) is 0 Å². The predicted octanol–water partition coefficient (Wildman–Crippen LogP) is -0.505. The lowest BCUT2D eigenvalue weighted by Crippen LogP contribution is -2.68. The summed E-state index contributed by atoms with van der Waals surface area (Å²) >= 11 is 1.58. The second-order valence-electron chi connectivity index (χ2n) is 4.25. The highest BCUT2D eigenvalue weighted by molar-refractivity contribution is 7.18. The van der Waals surface area contributed by atoms with Crippen LogP contribution in [0.5, 0.6) is 5.75 Å². The van der Waals surface area contributed by atoms with Gasteiger partial charge in [-0.1, -0.05) is 18.2 Å². The molecule has 0 amide bonds. The Morgan fingerprint density at radius 3 is 2.14 bits per heavy atom. The molecule has 3 rings (SSSR count). The average Bonchev–Trinajstić information content (AvgIpc) is 2.76. The van der Waals surface area contributed by atoms with Gasteiger partial charge in [0.2, 0.25) is 0 Å². The molecular formula is C13H11ClO6S. The van der Waals surface area contributed by atoms with Crippen LogP contribution in [-0.4, -0.2) is 5.11 Å². The number of hydrogen-bond acceptors (Lipinski definition) is 6. The number of halogens is 1. The fourth-order valence-corrected chi connectivity index (χ4v) is 2.93. The van der Waals surface area contributed by atoms with Crippen LogP contribution < -0.4 is 18.6 Å². The van der Waals surface area contributed by atoms with Crippen molar-refractivity contribution in [2.45, 2.75) is 13.8 Å². The Labute approximate surface area is 125 Å². The van der Waals surface area contributed by atoms with Crippen molar-refractivity contribution in [2.75, 3.05) is 0 Å². The Hall–Kier alpha value is -1.48. The van der Waals surface area contributed by atoms with Gasteiger partial charge in [0.15, 0.2) is 0 Å². The van der Waals surface area contributed by atoms with E-state index in [1.807, 2.05) is 38.1 Å². The van der Waals surface area contributed by atoms with E-state index in [4.69, 9.17) is 23.1 Å². The first kappa shape index (κ1) is 15.9. The quantitative estimate of drug-likeness (QED) is 0.554. The number of aryl methyl sites for hydroxylation is 2. The third-order valence-electron chi connectivity index (χ3n) is 2.82. The molecule has 112 valence electrons. The topological polar surface area (TPSA) is 124 Å². The van der Waals surface area contributed by atoms with Crippen molar-refractivity contribution < 1.29 is 38.4 Å². The standard InChI is InChI=1S/C13H10O2S.ClHO4/c1-7-11(14)9-5-3-4-6-10(9)12-13(7)16-8(2)15-12;2-1(3,4)5/h3-6H,1-2H3;(H,2,3,4,5). The van der Waals surface area contributed by atoms with E-state index in [1.54, 1.807) is 11.3 Å². The molecule has 2 aromatic carbocycles. The monoisotopic (exact) mass is 330 g/mol. The first-order valence-electron chi connectivity index (χ1n) is 5.73. The molecule has 0 aliphatic carbocycles. The largest absolute Gasteiger partial charge is 0.507 e. The first-order chi connectivity index (χ1) is 9.68. The molecule has 0 atom stereocenters. The first-order valence-corrected chi connectivity index (χ1v) is 7.79. The zero-order chi connectivity index (χ0) is 15.8. The second kappa shape index (κ2) is 5.72. The van der Waals surface area contributed by atoms with Gasteiger partial charge < -0.3 is 5.11 Å². The maximum absolute atomic E-state index is 10.1. The van der Waals surface area contributed by atoms with Crippen LogP contribution in [0.1, 0.15) is 10.6 Å². The van der Waals surface area contributed by atoms with E-state index in [0.29, 0.717) is 5.75 Å².